The van der Waals surface area contributed by atoms with Crippen LogP contribution in [0, 0.1) is 0 Å². The smallest absolute Gasteiger partial charge is 0.137 e. The van der Waals surface area contributed by atoms with Gasteiger partial charge in [0.2, 0.25) is 0 Å². The van der Waals surface area contributed by atoms with Gasteiger partial charge in [0.05, 0.1) is 10.7 Å². The second-order valence-electron chi connectivity index (χ2n) is 4.94. The van der Waals surface area contributed by atoms with Gasteiger partial charge >= 0.3 is 0 Å². The van der Waals surface area contributed by atoms with Gasteiger partial charge in [0.1, 0.15) is 5.65 Å². The van der Waals surface area contributed by atoms with E-state index in [1.54, 1.807) is 0 Å². The number of nitrogens with zero attached hydrogens (tertiary/aromatic N) is 3. The normalized spacial score (nSPS) is 21.6. The minimum atomic E-state index is 0.560. The third-order valence-electron chi connectivity index (χ3n) is 3.30. The van der Waals surface area contributed by atoms with E-state index in [0.717, 1.165) is 42.5 Å². The molecule has 1 atom stereocenters. The van der Waals surface area contributed by atoms with Crippen LogP contribution in [0.4, 0.5) is 0 Å². The van der Waals surface area contributed by atoms with Crippen molar-refractivity contribution in [3.63, 3.8) is 0 Å². The molecule has 3 rings (SSSR count). The number of rotatable bonds is 2. The zero-order valence-electron chi connectivity index (χ0n) is 10.4. The van der Waals surface area contributed by atoms with Crippen LogP contribution in [-0.2, 0) is 6.54 Å². The second kappa shape index (κ2) is 4.88. The molecule has 1 saturated heterocycles. The van der Waals surface area contributed by atoms with Crippen molar-refractivity contribution in [2.75, 3.05) is 19.6 Å². The Morgan fingerprint density at radius 3 is 3.17 bits per heavy atom. The average Bonchev–Trinajstić information content (AvgIpc) is 2.70. The number of hydrogen-bond donors (Lipinski definition) is 1. The Hall–Kier alpha value is -1.10. The number of pyridine rings is 1. The van der Waals surface area contributed by atoms with E-state index in [1.807, 2.05) is 22.7 Å². The molecule has 96 valence electrons. The highest BCUT2D eigenvalue weighted by Crippen LogP contribution is 2.13. The van der Waals surface area contributed by atoms with E-state index in [-0.39, 0.29) is 0 Å². The minimum absolute atomic E-state index is 0.560. The molecule has 1 fully saturated rings. The highest BCUT2D eigenvalue weighted by molar-refractivity contribution is 6.30. The van der Waals surface area contributed by atoms with Crippen molar-refractivity contribution in [1.82, 2.24) is 19.6 Å². The maximum atomic E-state index is 5.97. The van der Waals surface area contributed by atoms with Crippen LogP contribution in [0.3, 0.4) is 0 Å². The fourth-order valence-electron chi connectivity index (χ4n) is 2.48. The summed E-state index contributed by atoms with van der Waals surface area (Å²) in [7, 11) is 0. The maximum absolute atomic E-state index is 5.97. The molecule has 18 heavy (non-hydrogen) atoms. The van der Waals surface area contributed by atoms with Gasteiger partial charge in [0.25, 0.3) is 0 Å². The predicted octanol–water partition coefficient (Wildman–Crippen LogP) is 1.78. The van der Waals surface area contributed by atoms with E-state index in [9.17, 15) is 0 Å². The SMILES string of the molecule is C[C@@H]1CN(Cc2cn3cc(Cl)ccc3n2)CCN1. The van der Waals surface area contributed by atoms with Gasteiger partial charge in [-0.2, -0.15) is 0 Å². The van der Waals surface area contributed by atoms with Crippen molar-refractivity contribution in [3.8, 4) is 0 Å². The molecule has 0 amide bonds. The fraction of sp³-hybridized carbons (Fsp3) is 0.462. The first-order valence-electron chi connectivity index (χ1n) is 6.29. The van der Waals surface area contributed by atoms with Crippen molar-refractivity contribution in [2.24, 2.45) is 0 Å². The van der Waals surface area contributed by atoms with Gasteiger partial charge in [0.15, 0.2) is 0 Å². The first-order valence-corrected chi connectivity index (χ1v) is 6.67. The summed E-state index contributed by atoms with van der Waals surface area (Å²) in [5, 5.41) is 4.19. The molecule has 0 bridgehead atoms. The monoisotopic (exact) mass is 264 g/mol. The van der Waals surface area contributed by atoms with E-state index in [4.69, 9.17) is 11.6 Å². The van der Waals surface area contributed by atoms with Crippen molar-refractivity contribution < 1.29 is 0 Å². The van der Waals surface area contributed by atoms with Crippen molar-refractivity contribution >= 4 is 17.2 Å². The molecule has 4 nitrogen and oxygen atoms in total. The Morgan fingerprint density at radius 2 is 2.33 bits per heavy atom. The molecule has 1 aliphatic heterocycles. The molecule has 1 N–H and O–H groups in total. The molecule has 5 heteroatoms. The Kier molecular flexibility index (Phi) is 3.24. The lowest BCUT2D eigenvalue weighted by molar-refractivity contribution is 0.198. The second-order valence-corrected chi connectivity index (χ2v) is 5.37. The molecule has 0 spiro atoms. The molecule has 0 saturated carbocycles. The molecule has 2 aromatic rings. The molecule has 0 aromatic carbocycles. The first-order chi connectivity index (χ1) is 8.70. The van der Waals surface area contributed by atoms with Gasteiger partial charge in [-0.3, -0.25) is 4.90 Å². The predicted molar refractivity (Wildman–Crippen MR) is 72.9 cm³/mol. The molecule has 2 aromatic heterocycles. The topological polar surface area (TPSA) is 32.6 Å². The lowest BCUT2D eigenvalue weighted by Gasteiger charge is -2.31. The standard InChI is InChI=1S/C13H17ClN4/c1-10-6-17(5-4-15-10)8-12-9-18-7-11(14)2-3-13(18)16-12/h2-3,7,9-10,15H,4-6,8H2,1H3/t10-/m1/s1. The van der Waals surface area contributed by atoms with Gasteiger partial charge in [-0.25, -0.2) is 4.98 Å². The Labute approximate surface area is 112 Å². The molecular formula is C13H17ClN4. The number of fused-ring (bicyclic) bond motifs is 1. The first kappa shape index (κ1) is 12.0. The molecular weight excluding hydrogens is 248 g/mol. The van der Waals surface area contributed by atoms with Crippen LogP contribution in [0.25, 0.3) is 5.65 Å². The van der Waals surface area contributed by atoms with E-state index in [1.165, 1.54) is 0 Å². The van der Waals surface area contributed by atoms with Gasteiger partial charge < -0.3 is 9.72 Å². The summed E-state index contributed by atoms with van der Waals surface area (Å²) in [6.07, 6.45) is 3.96. The van der Waals surface area contributed by atoms with Crippen molar-refractivity contribution in [1.29, 1.82) is 0 Å². The number of halogens is 1. The zero-order chi connectivity index (χ0) is 12.5. The Morgan fingerprint density at radius 1 is 1.44 bits per heavy atom. The fourth-order valence-corrected chi connectivity index (χ4v) is 2.65. The van der Waals surface area contributed by atoms with Crippen LogP contribution in [0.1, 0.15) is 12.6 Å². The van der Waals surface area contributed by atoms with Crippen LogP contribution in [0.15, 0.2) is 24.5 Å². The van der Waals surface area contributed by atoms with Gasteiger partial charge in [-0.1, -0.05) is 11.6 Å². The van der Waals surface area contributed by atoms with E-state index in [0.29, 0.717) is 6.04 Å². The number of piperazine rings is 1. The zero-order valence-corrected chi connectivity index (χ0v) is 11.2. The summed E-state index contributed by atoms with van der Waals surface area (Å²) >= 11 is 5.97. The van der Waals surface area contributed by atoms with E-state index < -0.39 is 0 Å². The summed E-state index contributed by atoms with van der Waals surface area (Å²) < 4.78 is 1.99. The summed E-state index contributed by atoms with van der Waals surface area (Å²) in [6.45, 7) is 6.34. The van der Waals surface area contributed by atoms with E-state index >= 15 is 0 Å². The van der Waals surface area contributed by atoms with Gasteiger partial charge in [-0.05, 0) is 19.1 Å². The van der Waals surface area contributed by atoms with Crippen LogP contribution in [0.2, 0.25) is 5.02 Å². The third kappa shape index (κ3) is 2.51. The maximum Gasteiger partial charge on any atom is 0.137 e. The number of hydrogen-bond acceptors (Lipinski definition) is 3. The largest absolute Gasteiger partial charge is 0.312 e. The Balaban J connectivity index is 1.78. The lowest BCUT2D eigenvalue weighted by Crippen LogP contribution is -2.48. The van der Waals surface area contributed by atoms with Gasteiger partial charge in [0, 0.05) is 44.6 Å². The van der Waals surface area contributed by atoms with Crippen LogP contribution in [0.5, 0.6) is 0 Å². The van der Waals surface area contributed by atoms with Crippen LogP contribution < -0.4 is 5.32 Å². The van der Waals surface area contributed by atoms with Crippen LogP contribution >= 0.6 is 11.6 Å². The summed E-state index contributed by atoms with van der Waals surface area (Å²) in [4.78, 5) is 7.05. The highest BCUT2D eigenvalue weighted by Gasteiger charge is 2.16. The molecule has 1 aliphatic rings. The number of aromatic nitrogens is 2. The minimum Gasteiger partial charge on any atom is -0.312 e. The van der Waals surface area contributed by atoms with E-state index in [2.05, 4.69) is 28.3 Å². The Bertz CT molecular complexity index is 551. The summed E-state index contributed by atoms with van der Waals surface area (Å²) in [5.74, 6) is 0. The lowest BCUT2D eigenvalue weighted by atomic mass is 10.2. The summed E-state index contributed by atoms with van der Waals surface area (Å²) in [6, 6.07) is 4.39. The van der Waals surface area contributed by atoms with Crippen LogP contribution in [-0.4, -0.2) is 40.0 Å². The van der Waals surface area contributed by atoms with Gasteiger partial charge in [-0.15, -0.1) is 0 Å². The quantitative estimate of drug-likeness (QED) is 0.898. The van der Waals surface area contributed by atoms with Crippen molar-refractivity contribution in [3.05, 3.63) is 35.2 Å². The van der Waals surface area contributed by atoms with Crippen molar-refractivity contribution in [2.45, 2.75) is 19.5 Å². The molecule has 0 unspecified atom stereocenters. The molecule has 0 aliphatic carbocycles. The summed E-state index contributed by atoms with van der Waals surface area (Å²) in [5.41, 5.74) is 2.06. The average molecular weight is 265 g/mol. The number of nitrogens with one attached hydrogen (secondary N) is 1. The molecule has 0 radical (unpaired) electrons. The highest BCUT2D eigenvalue weighted by atomic mass is 35.5. The molecule has 3 heterocycles. The third-order valence-corrected chi connectivity index (χ3v) is 3.53. The number of imidazole rings is 1.